The lowest BCUT2D eigenvalue weighted by Gasteiger charge is -2.07. The Morgan fingerprint density at radius 1 is 1.33 bits per heavy atom. The van der Waals surface area contributed by atoms with Crippen LogP contribution in [0.5, 0.6) is 0 Å². The topological polar surface area (TPSA) is 72.5 Å². The van der Waals surface area contributed by atoms with Gasteiger partial charge in [0.05, 0.1) is 11.5 Å². The van der Waals surface area contributed by atoms with Gasteiger partial charge in [0, 0.05) is 27.8 Å². The van der Waals surface area contributed by atoms with Crippen molar-refractivity contribution in [2.24, 2.45) is 0 Å². The van der Waals surface area contributed by atoms with E-state index < -0.39 is 28.0 Å². The zero-order valence-electron chi connectivity index (χ0n) is 10.5. The lowest BCUT2D eigenvalue weighted by Crippen LogP contribution is -2.28. The van der Waals surface area contributed by atoms with E-state index >= 15 is 0 Å². The number of ether oxygens (including phenoxy) is 1. The van der Waals surface area contributed by atoms with Crippen molar-refractivity contribution in [1.29, 1.82) is 0 Å². The van der Waals surface area contributed by atoms with Gasteiger partial charge in [-0.25, -0.2) is 17.2 Å². The van der Waals surface area contributed by atoms with E-state index in [4.69, 9.17) is 22.3 Å². The molecule has 0 unspecified atom stereocenters. The molecular weight excluding hydrogens is 351 g/mol. The van der Waals surface area contributed by atoms with E-state index in [1.54, 1.807) is 0 Å². The van der Waals surface area contributed by atoms with E-state index in [-0.39, 0.29) is 28.6 Å². The third-order valence-electron chi connectivity index (χ3n) is 2.19. The molecular formula is C11H11Cl2F2NO4S. The minimum absolute atomic E-state index is 0.0129. The molecule has 0 spiro atoms. The van der Waals surface area contributed by atoms with Crippen LogP contribution in [-0.4, -0.2) is 40.5 Å². The van der Waals surface area contributed by atoms with Crippen LogP contribution in [0.2, 0.25) is 5.02 Å². The molecule has 1 aromatic rings. The summed E-state index contributed by atoms with van der Waals surface area (Å²) in [4.78, 5) is 11.5. The normalized spacial score (nSPS) is 11.7. The number of amides is 1. The fourth-order valence-electron chi connectivity index (χ4n) is 1.35. The second-order valence-corrected chi connectivity index (χ2v) is 6.84. The van der Waals surface area contributed by atoms with Crippen molar-refractivity contribution in [1.82, 2.24) is 5.32 Å². The number of benzene rings is 1. The third-order valence-corrected chi connectivity index (χ3v) is 3.74. The van der Waals surface area contributed by atoms with Crippen LogP contribution < -0.4 is 5.32 Å². The lowest BCUT2D eigenvalue weighted by atomic mass is 10.2. The highest BCUT2D eigenvalue weighted by Gasteiger charge is 2.15. The minimum atomic E-state index is -4.02. The van der Waals surface area contributed by atoms with E-state index in [1.165, 1.54) is 6.07 Å². The Labute approximate surface area is 129 Å². The number of carbonyl (C=O) groups excluding carboxylic acids is 1. The first kappa shape index (κ1) is 18.1. The van der Waals surface area contributed by atoms with Crippen LogP contribution in [-0.2, 0) is 13.8 Å². The molecule has 0 saturated carbocycles. The highest BCUT2D eigenvalue weighted by atomic mass is 35.7. The van der Waals surface area contributed by atoms with Crippen molar-refractivity contribution in [3.63, 3.8) is 0 Å². The van der Waals surface area contributed by atoms with Crippen LogP contribution in [0.1, 0.15) is 10.4 Å². The van der Waals surface area contributed by atoms with Gasteiger partial charge in [-0.2, -0.15) is 0 Å². The predicted octanol–water partition coefficient (Wildman–Crippen LogP) is 2.28. The Morgan fingerprint density at radius 3 is 2.57 bits per heavy atom. The van der Waals surface area contributed by atoms with Gasteiger partial charge in [0.25, 0.3) is 21.4 Å². The summed E-state index contributed by atoms with van der Waals surface area (Å²) in [5, 5.41) is 2.40. The van der Waals surface area contributed by atoms with Crippen molar-refractivity contribution in [3.05, 3.63) is 28.8 Å². The molecule has 21 heavy (non-hydrogen) atoms. The molecule has 1 rings (SSSR count). The monoisotopic (exact) mass is 361 g/mol. The highest BCUT2D eigenvalue weighted by Crippen LogP contribution is 2.21. The van der Waals surface area contributed by atoms with E-state index in [9.17, 15) is 22.0 Å². The lowest BCUT2D eigenvalue weighted by molar-refractivity contribution is 0.0188. The van der Waals surface area contributed by atoms with Gasteiger partial charge in [-0.05, 0) is 18.2 Å². The van der Waals surface area contributed by atoms with E-state index in [0.717, 1.165) is 12.1 Å². The minimum Gasteiger partial charge on any atom is -0.374 e. The summed E-state index contributed by atoms with van der Waals surface area (Å²) in [5.41, 5.74) is -0.0180. The van der Waals surface area contributed by atoms with Gasteiger partial charge in [-0.15, -0.1) is 0 Å². The van der Waals surface area contributed by atoms with Gasteiger partial charge in [-0.1, -0.05) is 11.6 Å². The zero-order chi connectivity index (χ0) is 16.0. The molecule has 0 aliphatic rings. The molecule has 0 heterocycles. The molecule has 0 aliphatic carbocycles. The van der Waals surface area contributed by atoms with Gasteiger partial charge in [0.15, 0.2) is 0 Å². The molecule has 0 fully saturated rings. The molecule has 1 aromatic carbocycles. The average Bonchev–Trinajstić information content (AvgIpc) is 2.36. The first-order valence-corrected chi connectivity index (χ1v) is 8.28. The SMILES string of the molecule is O=C(NCCOCC(F)F)c1cc(Cl)cc(S(=O)(=O)Cl)c1. The summed E-state index contributed by atoms with van der Waals surface area (Å²) in [6.45, 7) is -0.833. The summed E-state index contributed by atoms with van der Waals surface area (Å²) < 4.78 is 50.6. The van der Waals surface area contributed by atoms with E-state index in [0.29, 0.717) is 0 Å². The number of carbonyl (C=O) groups is 1. The molecule has 0 radical (unpaired) electrons. The predicted molar refractivity (Wildman–Crippen MR) is 73.6 cm³/mol. The molecule has 0 saturated heterocycles. The quantitative estimate of drug-likeness (QED) is 0.597. The van der Waals surface area contributed by atoms with Crippen LogP contribution in [0.3, 0.4) is 0 Å². The number of alkyl halides is 2. The van der Waals surface area contributed by atoms with Gasteiger partial charge in [0.1, 0.15) is 6.61 Å². The van der Waals surface area contributed by atoms with E-state index in [2.05, 4.69) is 10.1 Å². The number of nitrogens with one attached hydrogen (secondary N) is 1. The van der Waals surface area contributed by atoms with Crippen molar-refractivity contribution in [3.8, 4) is 0 Å². The average molecular weight is 362 g/mol. The molecule has 0 bridgehead atoms. The molecule has 0 atom stereocenters. The van der Waals surface area contributed by atoms with Gasteiger partial charge in [0.2, 0.25) is 0 Å². The maximum Gasteiger partial charge on any atom is 0.261 e. The molecule has 118 valence electrons. The van der Waals surface area contributed by atoms with Crippen molar-refractivity contribution >= 4 is 37.2 Å². The van der Waals surface area contributed by atoms with Gasteiger partial charge >= 0.3 is 0 Å². The number of rotatable bonds is 7. The molecule has 1 amide bonds. The molecule has 0 aromatic heterocycles. The Morgan fingerprint density at radius 2 is 2.00 bits per heavy atom. The maximum absolute atomic E-state index is 11.8. The Hall–Kier alpha value is -0.960. The smallest absolute Gasteiger partial charge is 0.261 e. The summed E-state index contributed by atoms with van der Waals surface area (Å²) in [7, 11) is 1.15. The first-order valence-electron chi connectivity index (χ1n) is 5.59. The van der Waals surface area contributed by atoms with Crippen LogP contribution in [0, 0.1) is 0 Å². The number of hydrogen-bond acceptors (Lipinski definition) is 4. The fourth-order valence-corrected chi connectivity index (χ4v) is 2.45. The fraction of sp³-hybridized carbons (Fsp3) is 0.364. The van der Waals surface area contributed by atoms with Crippen LogP contribution >= 0.6 is 22.3 Å². The largest absolute Gasteiger partial charge is 0.374 e. The molecule has 0 aliphatic heterocycles. The maximum atomic E-state index is 11.8. The van der Waals surface area contributed by atoms with Crippen LogP contribution in [0.15, 0.2) is 23.1 Å². The van der Waals surface area contributed by atoms with Crippen LogP contribution in [0.4, 0.5) is 8.78 Å². The van der Waals surface area contributed by atoms with E-state index in [1.807, 2.05) is 0 Å². The summed E-state index contributed by atoms with van der Waals surface area (Å²) in [5.74, 6) is -0.625. The zero-order valence-corrected chi connectivity index (χ0v) is 12.8. The van der Waals surface area contributed by atoms with Crippen molar-refractivity contribution < 1.29 is 26.7 Å². The summed E-state index contributed by atoms with van der Waals surface area (Å²) >= 11 is 5.71. The van der Waals surface area contributed by atoms with Crippen LogP contribution in [0.25, 0.3) is 0 Å². The number of halogens is 4. The van der Waals surface area contributed by atoms with Gasteiger partial charge < -0.3 is 10.1 Å². The van der Waals surface area contributed by atoms with Crippen molar-refractivity contribution in [2.45, 2.75) is 11.3 Å². The van der Waals surface area contributed by atoms with Gasteiger partial charge in [-0.3, -0.25) is 4.79 Å². The summed E-state index contributed by atoms with van der Waals surface area (Å²) in [6.07, 6.45) is -2.58. The summed E-state index contributed by atoms with van der Waals surface area (Å²) in [6, 6.07) is 3.42. The third kappa shape index (κ3) is 6.56. The molecule has 10 heteroatoms. The standard InChI is InChI=1S/C11H11Cl2F2NO4S/c12-8-3-7(4-9(5-8)21(13,18)19)11(17)16-1-2-20-6-10(14)15/h3-5,10H,1-2,6H2,(H,16,17). The molecule has 1 N–H and O–H groups in total. The Bertz CT molecular complexity index is 610. The second kappa shape index (κ2) is 7.88. The Balaban J connectivity index is 2.64. The first-order chi connectivity index (χ1) is 9.70. The highest BCUT2D eigenvalue weighted by molar-refractivity contribution is 8.13. The van der Waals surface area contributed by atoms with Crippen molar-refractivity contribution in [2.75, 3.05) is 19.8 Å². The molecule has 5 nitrogen and oxygen atoms in total. The Kier molecular flexibility index (Phi) is 6.79. The second-order valence-electron chi connectivity index (χ2n) is 3.84. The number of hydrogen-bond donors (Lipinski definition) is 1.